The molecule has 0 saturated carbocycles. The zero-order chi connectivity index (χ0) is 9.40. The van der Waals surface area contributed by atoms with Gasteiger partial charge in [-0.3, -0.25) is 0 Å². The zero-order valence-corrected chi connectivity index (χ0v) is 8.58. The van der Waals surface area contributed by atoms with Crippen LogP contribution in [-0.4, -0.2) is 48.9 Å². The quantitative estimate of drug-likeness (QED) is 0.641. The summed E-state index contributed by atoms with van der Waals surface area (Å²) in [4.78, 5) is 0. The number of hydrogen-bond donors (Lipinski definition) is 1. The summed E-state index contributed by atoms with van der Waals surface area (Å²) in [6.07, 6.45) is 4.17. The first-order valence-electron chi connectivity index (χ1n) is 4.75. The van der Waals surface area contributed by atoms with E-state index in [-0.39, 0.29) is 6.61 Å². The van der Waals surface area contributed by atoms with E-state index in [0.717, 1.165) is 0 Å². The summed E-state index contributed by atoms with van der Waals surface area (Å²) in [5.41, 5.74) is 0. The third kappa shape index (κ3) is 5.52. The van der Waals surface area contributed by atoms with Gasteiger partial charge in [-0.1, -0.05) is 6.42 Å². The molecular formula is C9H22N2O. The molecular weight excluding hydrogens is 152 g/mol. The molecule has 1 N–H and O–H groups in total. The lowest BCUT2D eigenvalue weighted by Crippen LogP contribution is -2.40. The van der Waals surface area contributed by atoms with Crippen LogP contribution in [-0.2, 0) is 0 Å². The molecule has 0 aromatic rings. The van der Waals surface area contributed by atoms with Gasteiger partial charge in [0.1, 0.15) is 0 Å². The summed E-state index contributed by atoms with van der Waals surface area (Å²) in [6.45, 7) is 4.44. The Morgan fingerprint density at radius 1 is 1.17 bits per heavy atom. The van der Waals surface area contributed by atoms with Crippen LogP contribution in [0.15, 0.2) is 0 Å². The number of hydrazine groups is 1. The van der Waals surface area contributed by atoms with Crippen LogP contribution in [0.3, 0.4) is 0 Å². The first-order chi connectivity index (χ1) is 5.72. The molecule has 1 aliphatic rings. The summed E-state index contributed by atoms with van der Waals surface area (Å²) < 4.78 is 0. The highest BCUT2D eigenvalue weighted by Crippen LogP contribution is 2.08. The van der Waals surface area contributed by atoms with Crippen molar-refractivity contribution in [1.29, 1.82) is 0 Å². The molecule has 0 aliphatic carbocycles. The maximum atomic E-state index is 7.57. The lowest BCUT2D eigenvalue weighted by Gasteiger charge is -2.31. The fourth-order valence-electron chi connectivity index (χ4n) is 1.28. The number of hydrogen-bond acceptors (Lipinski definition) is 3. The predicted octanol–water partition coefficient (Wildman–Crippen LogP) is 0.947. The van der Waals surface area contributed by atoms with Gasteiger partial charge in [0, 0.05) is 33.8 Å². The molecule has 0 aromatic carbocycles. The summed E-state index contributed by atoms with van der Waals surface area (Å²) in [5.74, 6) is 0. The highest BCUT2D eigenvalue weighted by Gasteiger charge is 2.10. The Morgan fingerprint density at radius 2 is 1.58 bits per heavy atom. The Bertz CT molecular complexity index is 90.5. The minimum atomic E-state index is 0.250. The number of nitrogens with zero attached hydrogens (tertiary/aromatic N) is 2. The molecule has 74 valence electrons. The van der Waals surface area contributed by atoms with E-state index in [1.165, 1.54) is 32.4 Å². The molecule has 1 rings (SSSR count). The lowest BCUT2D eigenvalue weighted by atomic mass is 10.2. The Hall–Kier alpha value is -0.120. The summed E-state index contributed by atoms with van der Waals surface area (Å²) >= 11 is 0. The van der Waals surface area contributed by atoms with E-state index < -0.39 is 0 Å². The Morgan fingerprint density at radius 3 is 1.83 bits per heavy atom. The molecule has 0 bridgehead atoms. The highest BCUT2D eigenvalue weighted by atomic mass is 16.2. The summed E-state index contributed by atoms with van der Waals surface area (Å²) in [5, 5.41) is 12.2. The van der Waals surface area contributed by atoms with Gasteiger partial charge in [-0.2, -0.15) is 0 Å². The molecule has 1 fully saturated rings. The normalized spacial score (nSPS) is 18.8. The molecule has 0 aromatic heterocycles. The van der Waals surface area contributed by atoms with Crippen molar-refractivity contribution in [3.8, 4) is 0 Å². The van der Waals surface area contributed by atoms with Gasteiger partial charge in [0.15, 0.2) is 0 Å². The van der Waals surface area contributed by atoms with Crippen LogP contribution in [0.1, 0.15) is 26.2 Å². The van der Waals surface area contributed by atoms with Crippen LogP contribution in [0.25, 0.3) is 0 Å². The third-order valence-electron chi connectivity index (χ3n) is 1.90. The van der Waals surface area contributed by atoms with Gasteiger partial charge in [-0.05, 0) is 19.8 Å². The van der Waals surface area contributed by atoms with Crippen molar-refractivity contribution in [1.82, 2.24) is 10.0 Å². The molecule has 0 spiro atoms. The Kier molecular flexibility index (Phi) is 7.45. The predicted molar refractivity (Wildman–Crippen MR) is 51.9 cm³/mol. The third-order valence-corrected chi connectivity index (χ3v) is 1.90. The van der Waals surface area contributed by atoms with Crippen LogP contribution in [0, 0.1) is 0 Å². The second kappa shape index (κ2) is 7.53. The van der Waals surface area contributed by atoms with Crippen molar-refractivity contribution >= 4 is 0 Å². The first kappa shape index (κ1) is 11.9. The molecule has 0 amide bonds. The minimum absolute atomic E-state index is 0.250. The summed E-state index contributed by atoms with van der Waals surface area (Å²) in [7, 11) is 4.23. The Balaban J connectivity index is 0.000000354. The average molecular weight is 174 g/mol. The van der Waals surface area contributed by atoms with Gasteiger partial charge in [-0.15, -0.1) is 0 Å². The van der Waals surface area contributed by atoms with Gasteiger partial charge in [0.2, 0.25) is 0 Å². The monoisotopic (exact) mass is 174 g/mol. The van der Waals surface area contributed by atoms with E-state index in [2.05, 4.69) is 24.1 Å². The number of aliphatic hydroxyl groups is 1. The van der Waals surface area contributed by atoms with E-state index in [1.54, 1.807) is 6.92 Å². The highest BCUT2D eigenvalue weighted by molar-refractivity contribution is 4.59. The van der Waals surface area contributed by atoms with Gasteiger partial charge in [-0.25, -0.2) is 10.0 Å². The SMILES string of the molecule is CCO.CN(C)N1CCCCC1. The Labute approximate surface area is 75.9 Å². The van der Waals surface area contributed by atoms with Crippen molar-refractivity contribution in [3.05, 3.63) is 0 Å². The smallest absolute Gasteiger partial charge is 0.0402 e. The van der Waals surface area contributed by atoms with Gasteiger partial charge >= 0.3 is 0 Å². The van der Waals surface area contributed by atoms with E-state index in [9.17, 15) is 0 Å². The minimum Gasteiger partial charge on any atom is -0.397 e. The van der Waals surface area contributed by atoms with Gasteiger partial charge in [0.05, 0.1) is 0 Å². The molecule has 1 heterocycles. The molecule has 3 heteroatoms. The molecule has 0 radical (unpaired) electrons. The molecule has 1 aliphatic heterocycles. The topological polar surface area (TPSA) is 26.7 Å². The van der Waals surface area contributed by atoms with Crippen molar-refractivity contribution in [2.75, 3.05) is 33.8 Å². The largest absolute Gasteiger partial charge is 0.397 e. The lowest BCUT2D eigenvalue weighted by molar-refractivity contribution is 0.00746. The van der Waals surface area contributed by atoms with E-state index in [0.29, 0.717) is 0 Å². The molecule has 12 heavy (non-hydrogen) atoms. The van der Waals surface area contributed by atoms with Gasteiger partial charge in [0.25, 0.3) is 0 Å². The van der Waals surface area contributed by atoms with Gasteiger partial charge < -0.3 is 5.11 Å². The summed E-state index contributed by atoms with van der Waals surface area (Å²) in [6, 6.07) is 0. The fourth-order valence-corrected chi connectivity index (χ4v) is 1.28. The first-order valence-corrected chi connectivity index (χ1v) is 4.75. The van der Waals surface area contributed by atoms with Crippen molar-refractivity contribution in [3.63, 3.8) is 0 Å². The molecule has 1 saturated heterocycles. The van der Waals surface area contributed by atoms with Crippen molar-refractivity contribution in [2.24, 2.45) is 0 Å². The maximum Gasteiger partial charge on any atom is 0.0402 e. The van der Waals surface area contributed by atoms with Crippen LogP contribution in [0.5, 0.6) is 0 Å². The van der Waals surface area contributed by atoms with Crippen LogP contribution in [0.4, 0.5) is 0 Å². The number of rotatable bonds is 1. The van der Waals surface area contributed by atoms with E-state index in [1.807, 2.05) is 0 Å². The van der Waals surface area contributed by atoms with Crippen LogP contribution >= 0.6 is 0 Å². The fraction of sp³-hybridized carbons (Fsp3) is 1.00. The second-order valence-corrected chi connectivity index (χ2v) is 3.18. The van der Waals surface area contributed by atoms with E-state index >= 15 is 0 Å². The number of aliphatic hydroxyl groups excluding tert-OH is 1. The molecule has 0 atom stereocenters. The van der Waals surface area contributed by atoms with Crippen LogP contribution in [0.2, 0.25) is 0 Å². The second-order valence-electron chi connectivity index (χ2n) is 3.18. The van der Waals surface area contributed by atoms with Crippen LogP contribution < -0.4 is 0 Å². The van der Waals surface area contributed by atoms with Crippen molar-refractivity contribution < 1.29 is 5.11 Å². The zero-order valence-electron chi connectivity index (χ0n) is 8.58. The number of piperidine rings is 1. The molecule has 0 unspecified atom stereocenters. The standard InChI is InChI=1S/C7H16N2.C2H6O/c1-8(2)9-6-4-3-5-7-9;1-2-3/h3-7H2,1-2H3;3H,2H2,1H3. The average Bonchev–Trinajstić information content (AvgIpc) is 2.07. The molecule has 3 nitrogen and oxygen atoms in total. The van der Waals surface area contributed by atoms with Crippen molar-refractivity contribution in [2.45, 2.75) is 26.2 Å². The maximum absolute atomic E-state index is 7.57. The van der Waals surface area contributed by atoms with E-state index in [4.69, 9.17) is 5.11 Å².